The first kappa shape index (κ1) is 14.9. The van der Waals surface area contributed by atoms with E-state index in [9.17, 15) is 4.79 Å². The Kier molecular flexibility index (Phi) is 4.31. The summed E-state index contributed by atoms with van der Waals surface area (Å²) in [6, 6.07) is 7.39. The fourth-order valence-electron chi connectivity index (χ4n) is 2.38. The molecule has 0 fully saturated rings. The zero-order chi connectivity index (χ0) is 15.5. The van der Waals surface area contributed by atoms with Crippen LogP contribution in [0.15, 0.2) is 34.4 Å². The zero-order valence-electron chi connectivity index (χ0n) is 12.7. The van der Waals surface area contributed by atoms with E-state index >= 15 is 0 Å². The number of aromatic nitrogens is 3. The Bertz CT molecular complexity index is 839. The Balaban J connectivity index is 1.76. The fourth-order valence-corrected chi connectivity index (χ4v) is 3.12. The number of hydrogen-bond acceptors (Lipinski definition) is 5. The van der Waals surface area contributed by atoms with Gasteiger partial charge in [-0.15, -0.1) is 11.3 Å². The van der Waals surface area contributed by atoms with Crippen molar-refractivity contribution in [2.24, 2.45) is 0 Å². The number of rotatable bonds is 5. The summed E-state index contributed by atoms with van der Waals surface area (Å²) >= 11 is 1.69. The highest BCUT2D eigenvalue weighted by Crippen LogP contribution is 2.13. The molecule has 0 unspecified atom stereocenters. The first-order valence-electron chi connectivity index (χ1n) is 7.25. The van der Waals surface area contributed by atoms with Crippen LogP contribution >= 0.6 is 11.3 Å². The third-order valence-electron chi connectivity index (χ3n) is 3.42. The van der Waals surface area contributed by atoms with Crippen LogP contribution in [0.2, 0.25) is 0 Å². The number of para-hydroxylation sites is 1. The summed E-state index contributed by atoms with van der Waals surface area (Å²) < 4.78 is 0. The largest absolute Gasteiger partial charge is 0.309 e. The smallest absolute Gasteiger partial charge is 0.258 e. The molecule has 1 aromatic carbocycles. The molecular formula is C16H18N4OS. The van der Waals surface area contributed by atoms with Gasteiger partial charge in [0.25, 0.3) is 5.56 Å². The summed E-state index contributed by atoms with van der Waals surface area (Å²) in [5.41, 5.74) is 1.71. The molecule has 114 valence electrons. The van der Waals surface area contributed by atoms with Crippen molar-refractivity contribution in [2.75, 3.05) is 7.05 Å². The Morgan fingerprint density at radius 3 is 2.82 bits per heavy atom. The van der Waals surface area contributed by atoms with Gasteiger partial charge in [-0.25, -0.2) is 9.97 Å². The second-order valence-corrected chi connectivity index (χ2v) is 6.23. The quantitative estimate of drug-likeness (QED) is 0.786. The summed E-state index contributed by atoms with van der Waals surface area (Å²) in [6.45, 7) is 3.43. The van der Waals surface area contributed by atoms with Crippen molar-refractivity contribution in [3.63, 3.8) is 0 Å². The number of nitrogens with one attached hydrogen (secondary N) is 1. The maximum atomic E-state index is 12.1. The van der Waals surface area contributed by atoms with Crippen LogP contribution in [0.25, 0.3) is 10.9 Å². The van der Waals surface area contributed by atoms with Crippen molar-refractivity contribution in [3.8, 4) is 0 Å². The van der Waals surface area contributed by atoms with Gasteiger partial charge in [0.15, 0.2) is 0 Å². The number of benzene rings is 1. The lowest BCUT2D eigenvalue weighted by Gasteiger charge is -2.14. The predicted molar refractivity (Wildman–Crippen MR) is 89.0 cm³/mol. The minimum absolute atomic E-state index is 0.0871. The molecular weight excluding hydrogens is 296 g/mol. The van der Waals surface area contributed by atoms with Crippen LogP contribution < -0.4 is 5.56 Å². The highest BCUT2D eigenvalue weighted by atomic mass is 32.1. The minimum Gasteiger partial charge on any atom is -0.309 e. The van der Waals surface area contributed by atoms with Crippen LogP contribution in [0, 0.1) is 0 Å². The third kappa shape index (κ3) is 3.23. The first-order valence-corrected chi connectivity index (χ1v) is 8.13. The Hall–Kier alpha value is -2.05. The Labute approximate surface area is 132 Å². The van der Waals surface area contributed by atoms with Crippen LogP contribution in [0.5, 0.6) is 0 Å². The maximum Gasteiger partial charge on any atom is 0.258 e. The molecule has 0 aliphatic rings. The lowest BCUT2D eigenvalue weighted by Crippen LogP contribution is -2.22. The first-order chi connectivity index (χ1) is 10.7. The van der Waals surface area contributed by atoms with Crippen LogP contribution in [0.1, 0.15) is 23.4 Å². The number of aryl methyl sites for hydroxylation is 1. The Morgan fingerprint density at radius 1 is 1.23 bits per heavy atom. The fraction of sp³-hybridized carbons (Fsp3) is 0.312. The number of aromatic amines is 1. The van der Waals surface area contributed by atoms with E-state index in [0.29, 0.717) is 17.8 Å². The topological polar surface area (TPSA) is 61.9 Å². The standard InChI is InChI=1S/C16H18N4OS/c1-3-15-17-11(10-22-15)8-20(2)9-14-18-13-7-5-4-6-12(13)16(21)19-14/h4-7,10H,3,8-9H2,1-2H3,(H,18,19,21). The van der Waals surface area contributed by atoms with Gasteiger partial charge >= 0.3 is 0 Å². The molecule has 0 saturated carbocycles. The van der Waals surface area contributed by atoms with E-state index in [1.54, 1.807) is 17.4 Å². The highest BCUT2D eigenvalue weighted by molar-refractivity contribution is 7.09. The van der Waals surface area contributed by atoms with Gasteiger partial charge in [0, 0.05) is 11.9 Å². The molecule has 1 N–H and O–H groups in total. The molecule has 5 nitrogen and oxygen atoms in total. The van der Waals surface area contributed by atoms with Crippen molar-refractivity contribution in [1.29, 1.82) is 0 Å². The molecule has 0 saturated heterocycles. The van der Waals surface area contributed by atoms with Crippen LogP contribution in [-0.4, -0.2) is 26.9 Å². The lowest BCUT2D eigenvalue weighted by atomic mass is 10.2. The van der Waals surface area contributed by atoms with Gasteiger partial charge < -0.3 is 4.98 Å². The average molecular weight is 314 g/mol. The minimum atomic E-state index is -0.0871. The second-order valence-electron chi connectivity index (χ2n) is 5.29. The monoisotopic (exact) mass is 314 g/mol. The number of H-pyrrole nitrogens is 1. The van der Waals surface area contributed by atoms with E-state index in [2.05, 4.69) is 32.2 Å². The summed E-state index contributed by atoms with van der Waals surface area (Å²) in [4.78, 5) is 26.1. The van der Waals surface area contributed by atoms with Crippen LogP contribution in [0.3, 0.4) is 0 Å². The molecule has 0 aliphatic heterocycles. The number of thiazole rings is 1. The molecule has 0 radical (unpaired) electrons. The van der Waals surface area contributed by atoms with Crippen LogP contribution in [0.4, 0.5) is 0 Å². The molecule has 0 spiro atoms. The number of fused-ring (bicyclic) bond motifs is 1. The van der Waals surface area contributed by atoms with Crippen molar-refractivity contribution < 1.29 is 0 Å². The molecule has 3 aromatic rings. The SMILES string of the molecule is CCc1nc(CN(C)Cc2nc3ccccc3c(=O)[nH]2)cs1. The van der Waals surface area contributed by atoms with Gasteiger partial charge in [0.2, 0.25) is 0 Å². The molecule has 3 rings (SSSR count). The molecule has 2 heterocycles. The van der Waals surface area contributed by atoms with Crippen LogP contribution in [-0.2, 0) is 19.5 Å². The van der Waals surface area contributed by atoms with E-state index in [4.69, 9.17) is 0 Å². The van der Waals surface area contributed by atoms with E-state index in [1.807, 2.05) is 25.2 Å². The van der Waals surface area contributed by atoms with Gasteiger partial charge in [0.05, 0.1) is 28.1 Å². The molecule has 0 atom stereocenters. The summed E-state index contributed by atoms with van der Waals surface area (Å²) in [5.74, 6) is 0.678. The summed E-state index contributed by atoms with van der Waals surface area (Å²) in [5, 5.41) is 3.87. The van der Waals surface area contributed by atoms with Gasteiger partial charge in [-0.1, -0.05) is 19.1 Å². The molecule has 6 heteroatoms. The van der Waals surface area contributed by atoms with E-state index in [-0.39, 0.29) is 5.56 Å². The van der Waals surface area contributed by atoms with E-state index in [1.165, 1.54) is 0 Å². The van der Waals surface area contributed by atoms with Gasteiger partial charge in [-0.05, 0) is 25.6 Å². The van der Waals surface area contributed by atoms with Gasteiger partial charge in [-0.3, -0.25) is 9.69 Å². The molecule has 2 aromatic heterocycles. The number of nitrogens with zero attached hydrogens (tertiary/aromatic N) is 3. The molecule has 22 heavy (non-hydrogen) atoms. The third-order valence-corrected chi connectivity index (χ3v) is 4.46. The number of hydrogen-bond donors (Lipinski definition) is 1. The molecule has 0 amide bonds. The zero-order valence-corrected chi connectivity index (χ0v) is 13.5. The van der Waals surface area contributed by atoms with Crippen molar-refractivity contribution in [1.82, 2.24) is 19.9 Å². The maximum absolute atomic E-state index is 12.1. The van der Waals surface area contributed by atoms with E-state index < -0.39 is 0 Å². The van der Waals surface area contributed by atoms with E-state index in [0.717, 1.165) is 29.2 Å². The van der Waals surface area contributed by atoms with Crippen molar-refractivity contribution in [2.45, 2.75) is 26.4 Å². The summed E-state index contributed by atoms with van der Waals surface area (Å²) in [6.07, 6.45) is 0.966. The van der Waals surface area contributed by atoms with Crippen molar-refractivity contribution >= 4 is 22.2 Å². The summed E-state index contributed by atoms with van der Waals surface area (Å²) in [7, 11) is 2.00. The molecule has 0 aliphatic carbocycles. The highest BCUT2D eigenvalue weighted by Gasteiger charge is 2.08. The Morgan fingerprint density at radius 2 is 2.05 bits per heavy atom. The second kappa shape index (κ2) is 6.37. The van der Waals surface area contributed by atoms with Crippen molar-refractivity contribution in [3.05, 3.63) is 56.5 Å². The molecule has 0 bridgehead atoms. The van der Waals surface area contributed by atoms with Gasteiger partial charge in [0.1, 0.15) is 5.82 Å². The lowest BCUT2D eigenvalue weighted by molar-refractivity contribution is 0.307. The normalized spacial score (nSPS) is 11.4. The average Bonchev–Trinajstić information content (AvgIpc) is 2.94. The predicted octanol–water partition coefficient (Wildman–Crippen LogP) is 2.57. The van der Waals surface area contributed by atoms with Gasteiger partial charge in [-0.2, -0.15) is 0 Å².